The molecular formula is C48H74N4O11. The van der Waals surface area contributed by atoms with E-state index in [9.17, 15) is 33.9 Å². The van der Waals surface area contributed by atoms with Gasteiger partial charge >= 0.3 is 30.1 Å². The topological polar surface area (TPSA) is 181 Å². The molecule has 4 rings (SSSR count). The molecule has 2 aromatic carbocycles. The number of rotatable bonds is 14. The minimum Gasteiger partial charge on any atom is -0.480 e. The molecule has 0 heterocycles. The van der Waals surface area contributed by atoms with Crippen LogP contribution in [-0.2, 0) is 51.3 Å². The van der Waals surface area contributed by atoms with Gasteiger partial charge in [-0.3, -0.25) is 24.2 Å². The number of carboxylic acids is 1. The summed E-state index contributed by atoms with van der Waals surface area (Å²) in [5.74, 6) is -2.94. The number of likely N-dealkylation sites (N-methyl/N-ethyl adjacent to an activating group) is 3. The summed E-state index contributed by atoms with van der Waals surface area (Å²) in [6.07, 6.45) is 12.4. The Labute approximate surface area is 375 Å². The third-order valence-corrected chi connectivity index (χ3v) is 10.2. The van der Waals surface area contributed by atoms with Crippen LogP contribution < -0.4 is 5.32 Å². The first-order chi connectivity index (χ1) is 29.6. The second-order valence-corrected chi connectivity index (χ2v) is 18.3. The number of aliphatic carboxylic acids is 1. The van der Waals surface area contributed by atoms with Crippen LogP contribution in [0.3, 0.4) is 0 Å². The number of nitrogens with zero attached hydrogens (tertiary/aromatic N) is 3. The molecule has 2 aliphatic carbocycles. The summed E-state index contributed by atoms with van der Waals surface area (Å²) in [4.78, 5) is 75.4. The highest BCUT2D eigenvalue weighted by Crippen LogP contribution is 2.23. The molecule has 2 saturated carbocycles. The van der Waals surface area contributed by atoms with Crippen molar-refractivity contribution >= 4 is 36.0 Å². The smallest absolute Gasteiger partial charge is 0.410 e. The van der Waals surface area contributed by atoms with Crippen molar-refractivity contribution in [3.05, 3.63) is 71.8 Å². The Morgan fingerprint density at radius 2 is 0.937 bits per heavy atom. The van der Waals surface area contributed by atoms with Gasteiger partial charge in [0.2, 0.25) is 5.91 Å². The summed E-state index contributed by atoms with van der Waals surface area (Å²) < 4.78 is 20.7. The predicted octanol–water partition coefficient (Wildman–Crippen LogP) is 8.13. The van der Waals surface area contributed by atoms with E-state index in [0.717, 1.165) is 33.0 Å². The fourth-order valence-corrected chi connectivity index (χ4v) is 6.93. The number of benzene rings is 2. The maximum absolute atomic E-state index is 12.4. The zero-order chi connectivity index (χ0) is 47.2. The standard InChI is InChI=1S/C19H28N2O5.C17H23NO6.C12H23N/c1-19(2,3)26-16(22)12-15(17(23)20(4)5)21(6)18(24)25-13-14-10-8-7-9-11-14;1-17(2,3)24-14(19)10-13(15(20)21)18(4)16(22)23-11-12-8-6-5-7-9-12;1-3-7-11(8-4-1)13-12-9-5-2-6-10-12/h7-11,15H,12-13H2,1-6H3;5-9,13H,10-11H2,1-4H3,(H,20,21);11-13H,1-10H2/t15-;13-;/m00./s1. The number of carbonyl (C=O) groups is 6. The molecule has 0 saturated heterocycles. The lowest BCUT2D eigenvalue weighted by molar-refractivity contribution is -0.160. The van der Waals surface area contributed by atoms with Crippen molar-refractivity contribution in [2.24, 2.45) is 0 Å². The predicted molar refractivity (Wildman–Crippen MR) is 240 cm³/mol. The van der Waals surface area contributed by atoms with Crippen LogP contribution in [-0.4, -0.2) is 119 Å². The Hall–Kier alpha value is -5.18. The summed E-state index contributed by atoms with van der Waals surface area (Å²) in [6.45, 7) is 10.4. The van der Waals surface area contributed by atoms with Crippen molar-refractivity contribution < 1.29 is 52.8 Å². The maximum Gasteiger partial charge on any atom is 0.410 e. The van der Waals surface area contributed by atoms with Crippen LogP contribution in [0.25, 0.3) is 0 Å². The Balaban J connectivity index is 0.000000341. The van der Waals surface area contributed by atoms with Gasteiger partial charge in [-0.15, -0.1) is 0 Å². The molecule has 0 aliphatic heterocycles. The number of ether oxygens (including phenoxy) is 4. The van der Waals surface area contributed by atoms with Gasteiger partial charge in [-0.25, -0.2) is 14.4 Å². The van der Waals surface area contributed by atoms with Gasteiger partial charge in [0.15, 0.2) is 0 Å². The molecule has 15 heteroatoms. The van der Waals surface area contributed by atoms with Gasteiger partial charge in [0.1, 0.15) is 36.5 Å². The first-order valence-corrected chi connectivity index (χ1v) is 22.1. The second-order valence-electron chi connectivity index (χ2n) is 18.3. The quantitative estimate of drug-likeness (QED) is 0.138. The van der Waals surface area contributed by atoms with Gasteiger partial charge < -0.3 is 34.3 Å². The van der Waals surface area contributed by atoms with Crippen LogP contribution in [0.4, 0.5) is 9.59 Å². The van der Waals surface area contributed by atoms with Gasteiger partial charge in [0, 0.05) is 40.3 Å². The van der Waals surface area contributed by atoms with Crippen LogP contribution in [0.2, 0.25) is 0 Å². The molecule has 2 aliphatic rings. The molecule has 0 spiro atoms. The zero-order valence-electron chi connectivity index (χ0n) is 39.4. The van der Waals surface area contributed by atoms with Gasteiger partial charge in [-0.1, -0.05) is 99.2 Å². The largest absolute Gasteiger partial charge is 0.480 e. The molecule has 352 valence electrons. The Kier molecular flexibility index (Phi) is 23.2. The number of hydrogen-bond acceptors (Lipinski definition) is 11. The zero-order valence-corrected chi connectivity index (χ0v) is 39.4. The lowest BCUT2D eigenvalue weighted by atomic mass is 9.91. The van der Waals surface area contributed by atoms with Crippen molar-refractivity contribution in [2.75, 3.05) is 28.2 Å². The molecule has 2 aromatic rings. The Bertz CT molecular complexity index is 1680. The molecule has 2 fully saturated rings. The summed E-state index contributed by atoms with van der Waals surface area (Å²) in [6, 6.07) is 17.6. The van der Waals surface area contributed by atoms with Crippen molar-refractivity contribution in [2.45, 2.75) is 167 Å². The van der Waals surface area contributed by atoms with E-state index in [2.05, 4.69) is 5.32 Å². The minimum absolute atomic E-state index is 0.0167. The number of hydrogen-bond donors (Lipinski definition) is 2. The van der Waals surface area contributed by atoms with Gasteiger partial charge in [-0.05, 0) is 78.4 Å². The number of esters is 2. The highest BCUT2D eigenvalue weighted by Gasteiger charge is 2.34. The minimum atomic E-state index is -1.36. The first kappa shape index (κ1) is 54.0. The van der Waals surface area contributed by atoms with Gasteiger partial charge in [0.25, 0.3) is 0 Å². The molecule has 0 unspecified atom stereocenters. The number of amides is 3. The third kappa shape index (κ3) is 22.7. The Morgan fingerprint density at radius 3 is 1.27 bits per heavy atom. The van der Waals surface area contributed by atoms with Gasteiger partial charge in [0.05, 0.1) is 12.8 Å². The van der Waals surface area contributed by atoms with Crippen LogP contribution in [0.1, 0.15) is 130 Å². The van der Waals surface area contributed by atoms with Gasteiger partial charge in [-0.2, -0.15) is 0 Å². The lowest BCUT2D eigenvalue weighted by Gasteiger charge is -2.30. The van der Waals surface area contributed by atoms with E-state index >= 15 is 0 Å². The van der Waals surface area contributed by atoms with E-state index in [1.807, 2.05) is 36.4 Å². The molecule has 0 radical (unpaired) electrons. The number of carboxylic acid groups (broad SMARTS) is 1. The molecule has 2 N–H and O–H groups in total. The van der Waals surface area contributed by atoms with Crippen molar-refractivity contribution in [3.8, 4) is 0 Å². The maximum atomic E-state index is 12.4. The summed E-state index contributed by atoms with van der Waals surface area (Å²) in [7, 11) is 5.83. The van der Waals surface area contributed by atoms with E-state index in [0.29, 0.717) is 0 Å². The number of nitrogens with one attached hydrogen (secondary N) is 1. The highest BCUT2D eigenvalue weighted by molar-refractivity contribution is 5.89. The molecule has 15 nitrogen and oxygen atoms in total. The second kappa shape index (κ2) is 27.1. The van der Waals surface area contributed by atoms with E-state index in [4.69, 9.17) is 18.9 Å². The number of carbonyl (C=O) groups excluding carboxylic acids is 5. The average Bonchev–Trinajstić information content (AvgIpc) is 3.23. The SMILES string of the molecule is C1CCC(NC2CCCCC2)CC1.CN(C(=O)OCc1ccccc1)[C@@H](CC(=O)OC(C)(C)C)C(=O)O.CN(C)C(=O)[C@H](CC(=O)OC(C)(C)C)N(C)C(=O)OCc1ccccc1. The fraction of sp³-hybridized carbons (Fsp3) is 0.625. The van der Waals surface area contributed by atoms with Crippen LogP contribution in [0.5, 0.6) is 0 Å². The van der Waals surface area contributed by atoms with Crippen LogP contribution in [0.15, 0.2) is 60.7 Å². The van der Waals surface area contributed by atoms with E-state index in [-0.39, 0.29) is 25.5 Å². The summed E-state index contributed by atoms with van der Waals surface area (Å²) in [5.41, 5.74) is 0.206. The van der Waals surface area contributed by atoms with Crippen LogP contribution in [0, 0.1) is 0 Å². The first-order valence-electron chi connectivity index (χ1n) is 22.1. The fourth-order valence-electron chi connectivity index (χ4n) is 6.93. The van der Waals surface area contributed by atoms with E-state index in [1.54, 1.807) is 79.9 Å². The molecular weight excluding hydrogens is 809 g/mol. The molecule has 3 amide bonds. The third-order valence-electron chi connectivity index (χ3n) is 10.2. The van der Waals surface area contributed by atoms with E-state index < -0.39 is 59.8 Å². The van der Waals surface area contributed by atoms with Crippen molar-refractivity contribution in [3.63, 3.8) is 0 Å². The summed E-state index contributed by atoms with van der Waals surface area (Å²) in [5, 5.41) is 13.1. The van der Waals surface area contributed by atoms with Crippen molar-refractivity contribution in [1.29, 1.82) is 0 Å². The highest BCUT2D eigenvalue weighted by atomic mass is 16.6. The Morgan fingerprint density at radius 1 is 0.587 bits per heavy atom. The molecule has 2 atom stereocenters. The molecule has 63 heavy (non-hydrogen) atoms. The molecule has 0 bridgehead atoms. The van der Waals surface area contributed by atoms with Crippen molar-refractivity contribution in [1.82, 2.24) is 20.0 Å². The lowest BCUT2D eigenvalue weighted by Crippen LogP contribution is -2.49. The van der Waals surface area contributed by atoms with E-state index in [1.165, 1.54) is 83.2 Å². The monoisotopic (exact) mass is 883 g/mol. The normalized spacial score (nSPS) is 15.3. The molecule has 0 aromatic heterocycles. The average molecular weight is 883 g/mol. The summed E-state index contributed by atoms with van der Waals surface area (Å²) >= 11 is 0. The van der Waals surface area contributed by atoms with Crippen LogP contribution >= 0.6 is 0 Å².